The van der Waals surface area contributed by atoms with E-state index >= 15 is 0 Å². The van der Waals surface area contributed by atoms with Crippen LogP contribution in [0.5, 0.6) is 11.5 Å². The summed E-state index contributed by atoms with van der Waals surface area (Å²) in [5, 5.41) is 8.26. The summed E-state index contributed by atoms with van der Waals surface area (Å²) in [6, 6.07) is 7.23. The third-order valence-electron chi connectivity index (χ3n) is 5.56. The summed E-state index contributed by atoms with van der Waals surface area (Å²) < 4.78 is 13.1. The van der Waals surface area contributed by atoms with Crippen molar-refractivity contribution < 1.29 is 19.4 Å². The average Bonchev–Trinajstić information content (AvgIpc) is 3.49. The highest BCUT2D eigenvalue weighted by atomic mass is 16.7. The van der Waals surface area contributed by atoms with Crippen molar-refractivity contribution >= 4 is 38.9 Å². The fourth-order valence-corrected chi connectivity index (χ4v) is 4.11. The van der Waals surface area contributed by atoms with E-state index in [1.807, 2.05) is 18.3 Å². The molecule has 0 saturated heterocycles. The number of rotatable bonds is 4. The normalized spacial score (nSPS) is 12.3. The van der Waals surface area contributed by atoms with E-state index in [0.29, 0.717) is 57.9 Å². The minimum Gasteiger partial charge on any atom is -0.481 e. The first-order valence-electron chi connectivity index (χ1n) is 10.8. The minimum atomic E-state index is -0.833. The Morgan fingerprint density at radius 1 is 1.09 bits per heavy atom. The summed E-state index contributed by atoms with van der Waals surface area (Å²) >= 11 is 0. The molecule has 1 aliphatic heterocycles. The molecule has 0 aliphatic carbocycles. The van der Waals surface area contributed by atoms with E-state index < -0.39 is 5.97 Å². The zero-order chi connectivity index (χ0) is 24.7. The molecule has 0 saturated carbocycles. The van der Waals surface area contributed by atoms with Gasteiger partial charge in [-0.3, -0.25) is 9.59 Å². The number of nitrogens with zero attached hydrogens (tertiary/aromatic N) is 2. The van der Waals surface area contributed by atoms with Gasteiger partial charge in [0.15, 0.2) is 11.5 Å². The lowest BCUT2D eigenvalue weighted by Crippen LogP contribution is -2.11. The monoisotopic (exact) mass is 478 g/mol. The average molecular weight is 478 g/mol. The van der Waals surface area contributed by atoms with Crippen LogP contribution in [0.15, 0.2) is 40.1 Å². The molecule has 2 aromatic carbocycles. The van der Waals surface area contributed by atoms with Crippen LogP contribution in [0.3, 0.4) is 0 Å². The van der Waals surface area contributed by atoms with Gasteiger partial charge in [0.1, 0.15) is 5.69 Å². The maximum Gasteiger partial charge on any atom is 0.323 e. The van der Waals surface area contributed by atoms with E-state index in [2.05, 4.69) is 24.5 Å². The van der Waals surface area contributed by atoms with Crippen LogP contribution in [-0.4, -0.2) is 48.9 Å². The van der Waals surface area contributed by atoms with E-state index in [0.717, 1.165) is 24.2 Å². The largest absolute Gasteiger partial charge is 0.481 e. The number of fused-ring (bicyclic) bond motifs is 4. The van der Waals surface area contributed by atoms with Crippen molar-refractivity contribution in [2.75, 3.05) is 13.3 Å². The van der Waals surface area contributed by atoms with Crippen molar-refractivity contribution in [3.8, 4) is 22.8 Å². The third kappa shape index (κ3) is 4.10. The lowest BCUT2D eigenvalue weighted by molar-refractivity contribution is -0.134. The molecule has 5 aromatic rings. The molecule has 180 valence electrons. The Hall–Kier alpha value is -4.58. The van der Waals surface area contributed by atoms with Crippen LogP contribution in [0.25, 0.3) is 44.2 Å². The van der Waals surface area contributed by atoms with Crippen molar-refractivity contribution in [1.29, 1.82) is 0 Å². The second-order valence-corrected chi connectivity index (χ2v) is 8.03. The van der Waals surface area contributed by atoms with Gasteiger partial charge >= 0.3 is 5.69 Å². The number of aryl methyl sites for hydroxylation is 1. The highest BCUT2D eigenvalue weighted by Crippen LogP contribution is 2.40. The molecule has 0 bridgehead atoms. The number of carboxylic acids is 1. The van der Waals surface area contributed by atoms with Gasteiger partial charge < -0.3 is 39.8 Å². The van der Waals surface area contributed by atoms with Gasteiger partial charge in [0.2, 0.25) is 6.79 Å². The van der Waals surface area contributed by atoms with Crippen molar-refractivity contribution in [3.63, 3.8) is 0 Å². The number of imidazole rings is 1. The predicted molar refractivity (Wildman–Crippen MR) is 129 cm³/mol. The van der Waals surface area contributed by atoms with Crippen molar-refractivity contribution in [2.45, 2.75) is 19.9 Å². The number of nitrogens with two attached hydrogens (primary N) is 1. The number of benzene rings is 2. The van der Waals surface area contributed by atoms with Crippen LogP contribution in [-0.2, 0) is 11.3 Å². The first-order chi connectivity index (χ1) is 16.8. The summed E-state index contributed by atoms with van der Waals surface area (Å²) in [5.41, 5.74) is 9.32. The standard InChI is InChI=1S/C21H18N6O4.C2H4O2/c22-2-1-3-27-8-11(10-4-17-18(7-16(10)27)31-9-30-17)19-20(28)24-13-6-15-14(5-12(13)23-19)25-21(29)26-15;1-2(3)4/h4-8H,1-3,9,22H2,(H,24,28)(H2,25,26,29);1H3,(H,3,4). The summed E-state index contributed by atoms with van der Waals surface area (Å²) in [6.45, 7) is 2.50. The van der Waals surface area contributed by atoms with Crippen molar-refractivity contribution in [1.82, 2.24) is 24.5 Å². The van der Waals surface area contributed by atoms with Crippen molar-refractivity contribution in [2.24, 2.45) is 5.73 Å². The maximum atomic E-state index is 13.0. The molecule has 6 rings (SSSR count). The molecule has 0 atom stereocenters. The molecule has 12 heteroatoms. The topological polar surface area (TPSA) is 181 Å². The summed E-state index contributed by atoms with van der Waals surface area (Å²) in [7, 11) is 0. The number of ether oxygens (including phenoxy) is 2. The van der Waals surface area contributed by atoms with Crippen LogP contribution in [0.2, 0.25) is 0 Å². The second kappa shape index (κ2) is 8.65. The van der Waals surface area contributed by atoms with E-state index in [-0.39, 0.29) is 18.0 Å². The molecule has 12 nitrogen and oxygen atoms in total. The Morgan fingerprint density at radius 3 is 2.49 bits per heavy atom. The molecule has 6 N–H and O–H groups in total. The lowest BCUT2D eigenvalue weighted by Gasteiger charge is -2.04. The molecule has 0 unspecified atom stereocenters. The maximum absolute atomic E-state index is 13.0. The van der Waals surface area contributed by atoms with Gasteiger partial charge in [0, 0.05) is 36.7 Å². The number of hydrogen-bond donors (Lipinski definition) is 5. The quantitative estimate of drug-likeness (QED) is 0.259. The molecular weight excluding hydrogens is 456 g/mol. The molecule has 35 heavy (non-hydrogen) atoms. The lowest BCUT2D eigenvalue weighted by atomic mass is 10.1. The zero-order valence-corrected chi connectivity index (χ0v) is 18.7. The fraction of sp³-hybridized carbons (Fsp3) is 0.217. The Bertz CT molecular complexity index is 1710. The summed E-state index contributed by atoms with van der Waals surface area (Å²) in [6.07, 6.45) is 2.70. The second-order valence-electron chi connectivity index (χ2n) is 8.03. The van der Waals surface area contributed by atoms with Gasteiger partial charge in [-0.2, -0.15) is 0 Å². The molecule has 0 radical (unpaired) electrons. The van der Waals surface area contributed by atoms with Crippen LogP contribution < -0.4 is 26.5 Å². The smallest absolute Gasteiger partial charge is 0.323 e. The number of aliphatic carboxylic acids is 1. The molecule has 0 amide bonds. The van der Waals surface area contributed by atoms with E-state index in [1.165, 1.54) is 0 Å². The molecule has 0 spiro atoms. The van der Waals surface area contributed by atoms with Crippen LogP contribution >= 0.6 is 0 Å². The number of carboxylic acid groups (broad SMARTS) is 1. The minimum absolute atomic E-state index is 0.166. The van der Waals surface area contributed by atoms with Crippen LogP contribution in [0.1, 0.15) is 13.3 Å². The molecule has 4 heterocycles. The Kier molecular flexibility index (Phi) is 5.49. The van der Waals surface area contributed by atoms with Crippen LogP contribution in [0, 0.1) is 0 Å². The SMILES string of the molecule is CC(=O)O.NCCCn1cc(-c2nc3cc4[nH]c(=O)[nH]c4cc3[nH]c2=O)c2cc3c(cc21)OCO3. The van der Waals surface area contributed by atoms with E-state index in [1.54, 1.807) is 12.1 Å². The first-order valence-corrected chi connectivity index (χ1v) is 10.8. The third-order valence-corrected chi connectivity index (χ3v) is 5.56. The van der Waals surface area contributed by atoms with Gasteiger partial charge in [0.05, 0.1) is 27.6 Å². The van der Waals surface area contributed by atoms with Gasteiger partial charge in [-0.05, 0) is 31.2 Å². The number of nitrogens with one attached hydrogen (secondary N) is 3. The van der Waals surface area contributed by atoms with Gasteiger partial charge in [0.25, 0.3) is 11.5 Å². The molecule has 1 aliphatic rings. The Morgan fingerprint density at radius 2 is 1.77 bits per heavy atom. The number of carbonyl (C=O) groups is 1. The highest BCUT2D eigenvalue weighted by Gasteiger charge is 2.21. The Balaban J connectivity index is 0.000000591. The first kappa shape index (κ1) is 22.2. The fourth-order valence-electron chi connectivity index (χ4n) is 4.11. The predicted octanol–water partition coefficient (Wildman–Crippen LogP) is 1.88. The number of aromatic amines is 3. The van der Waals surface area contributed by atoms with Crippen molar-refractivity contribution in [3.05, 3.63) is 51.3 Å². The van der Waals surface area contributed by atoms with Gasteiger partial charge in [-0.1, -0.05) is 0 Å². The number of aromatic nitrogens is 5. The number of H-pyrrole nitrogens is 3. The van der Waals surface area contributed by atoms with E-state index in [4.69, 9.17) is 25.1 Å². The zero-order valence-electron chi connectivity index (χ0n) is 18.7. The highest BCUT2D eigenvalue weighted by molar-refractivity contribution is 5.98. The summed E-state index contributed by atoms with van der Waals surface area (Å²) in [4.78, 5) is 46.6. The van der Waals surface area contributed by atoms with Crippen LogP contribution in [0.4, 0.5) is 0 Å². The molecular formula is C23H22N6O6. The van der Waals surface area contributed by atoms with E-state index in [9.17, 15) is 9.59 Å². The molecule has 3 aromatic heterocycles. The molecule has 0 fully saturated rings. The summed E-state index contributed by atoms with van der Waals surface area (Å²) in [5.74, 6) is 0.472. The number of hydrogen-bond acceptors (Lipinski definition) is 7. The Labute approximate surface area is 196 Å². The van der Waals surface area contributed by atoms with Gasteiger partial charge in [-0.25, -0.2) is 9.78 Å². The van der Waals surface area contributed by atoms with Gasteiger partial charge in [-0.15, -0.1) is 0 Å².